The lowest BCUT2D eigenvalue weighted by molar-refractivity contribution is -0.172. The molecule has 0 saturated carbocycles. The number of benzene rings is 2. The molecule has 0 aliphatic carbocycles. The van der Waals surface area contributed by atoms with E-state index >= 15 is 0 Å². The fourth-order valence-electron chi connectivity index (χ4n) is 10.9. The number of nitrogens with one attached hydrogen (secondary N) is 5. The molecule has 7 heterocycles. The van der Waals surface area contributed by atoms with Gasteiger partial charge in [-0.2, -0.15) is 0 Å². The number of cyclic esters (lactones) is 1. The van der Waals surface area contributed by atoms with Gasteiger partial charge in [-0.3, -0.25) is 48.2 Å². The second-order valence-electron chi connectivity index (χ2n) is 21.8. The standard InChI is InChI=1S/C58H67N9O16/c1-5-58(79)40-24-44-51-38(27-67(44)55(76)39(40)29-80-56(58)77)37(36-23-45-46(83-30-82-45)25-42(36)63-51)26-65-19-15-33(16-20-65)14-18-59-57(78)81-28-34-6-8-35(9-7-34)61-53(74)41(10-13-50(71)72)64-52(73)32(4)60-54(75)43(22-31(2)3)62-47(68)17-21-66-48(69)11-12-49(66)70/h6-9,11-12,23-25,31-33,41,43,79H,5,10,13-22,26-30H2,1-4H3,(H,59,78)(H,60,75)(H,61,74)(H,62,68)(H,64,73)(H,71,72)/t32-,41-,43+,58-/m0/s1. The fourth-order valence-corrected chi connectivity index (χ4v) is 10.9. The normalized spacial score (nSPS) is 18.2. The Kier molecular flexibility index (Phi) is 17.9. The van der Waals surface area contributed by atoms with Gasteiger partial charge in [-0.05, 0) is 106 Å². The number of esters is 1. The van der Waals surface area contributed by atoms with Crippen molar-refractivity contribution in [1.82, 2.24) is 40.6 Å². The Bertz CT molecular complexity index is 3330. The second kappa shape index (κ2) is 25.2. The maximum Gasteiger partial charge on any atom is 0.407 e. The van der Waals surface area contributed by atoms with Gasteiger partial charge >= 0.3 is 18.0 Å². The zero-order valence-corrected chi connectivity index (χ0v) is 46.5. The molecule has 4 aromatic rings. The zero-order chi connectivity index (χ0) is 59.3. The van der Waals surface area contributed by atoms with Crippen molar-refractivity contribution < 1.29 is 72.3 Å². The number of imide groups is 1. The Labute approximate surface area is 476 Å². The van der Waals surface area contributed by atoms with Crippen LogP contribution in [-0.2, 0) is 79.7 Å². The number of likely N-dealkylation sites (tertiary alicyclic amines) is 1. The number of anilines is 1. The van der Waals surface area contributed by atoms with E-state index in [9.17, 15) is 58.2 Å². The van der Waals surface area contributed by atoms with E-state index in [0.29, 0.717) is 58.7 Å². The predicted octanol–water partition coefficient (Wildman–Crippen LogP) is 2.98. The number of rotatable bonds is 23. The van der Waals surface area contributed by atoms with Gasteiger partial charge in [-0.15, -0.1) is 0 Å². The Morgan fingerprint density at radius 2 is 1.55 bits per heavy atom. The highest BCUT2D eigenvalue weighted by atomic mass is 16.7. The molecule has 7 N–H and O–H groups in total. The molecule has 0 spiro atoms. The Balaban J connectivity index is 0.728. The first kappa shape index (κ1) is 58.9. The second-order valence-corrected chi connectivity index (χ2v) is 21.8. The number of aliphatic carboxylic acids is 1. The van der Waals surface area contributed by atoms with E-state index in [1.165, 1.54) is 6.92 Å². The summed E-state index contributed by atoms with van der Waals surface area (Å²) in [7, 11) is 0. The van der Waals surface area contributed by atoms with Crippen LogP contribution >= 0.6 is 0 Å². The summed E-state index contributed by atoms with van der Waals surface area (Å²) < 4.78 is 23.8. The first-order valence-corrected chi connectivity index (χ1v) is 27.8. The largest absolute Gasteiger partial charge is 0.481 e. The number of carbonyl (C=O) groups excluding carboxylic acids is 8. The maximum absolute atomic E-state index is 14.0. The summed E-state index contributed by atoms with van der Waals surface area (Å²) in [5.41, 5.74) is 2.76. The third kappa shape index (κ3) is 13.3. The highest BCUT2D eigenvalue weighted by Gasteiger charge is 2.46. The van der Waals surface area contributed by atoms with E-state index in [0.717, 1.165) is 65.9 Å². The summed E-state index contributed by atoms with van der Waals surface area (Å²) in [6.07, 6.45) is 3.27. The van der Waals surface area contributed by atoms with E-state index in [4.69, 9.17) is 23.9 Å². The molecule has 5 aliphatic rings. The number of amides is 7. The van der Waals surface area contributed by atoms with Gasteiger partial charge in [0.05, 0.1) is 29.0 Å². The van der Waals surface area contributed by atoms with Gasteiger partial charge in [-0.25, -0.2) is 14.6 Å². The first-order chi connectivity index (χ1) is 39.7. The number of nitrogens with zero attached hydrogens (tertiary/aromatic N) is 4. The summed E-state index contributed by atoms with van der Waals surface area (Å²) in [6.45, 7) is 9.02. The number of carboxylic acids is 1. The summed E-state index contributed by atoms with van der Waals surface area (Å²) >= 11 is 0. The van der Waals surface area contributed by atoms with Crippen molar-refractivity contribution in [2.45, 2.75) is 129 Å². The van der Waals surface area contributed by atoms with E-state index in [1.807, 2.05) is 26.0 Å². The average molecular weight is 1150 g/mol. The van der Waals surface area contributed by atoms with Gasteiger partial charge in [0, 0.05) is 72.9 Å². The molecule has 440 valence electrons. The predicted molar refractivity (Wildman–Crippen MR) is 295 cm³/mol. The van der Waals surface area contributed by atoms with Crippen LogP contribution in [0, 0.1) is 11.8 Å². The van der Waals surface area contributed by atoms with Crippen LogP contribution in [0.1, 0.15) is 107 Å². The quantitative estimate of drug-likeness (QED) is 0.0365. The number of fused-ring (bicyclic) bond motifs is 6. The van der Waals surface area contributed by atoms with Crippen molar-refractivity contribution in [3.63, 3.8) is 0 Å². The molecule has 0 radical (unpaired) electrons. The van der Waals surface area contributed by atoms with Gasteiger partial charge in [0.1, 0.15) is 31.3 Å². The molecule has 83 heavy (non-hydrogen) atoms. The van der Waals surface area contributed by atoms with Crippen molar-refractivity contribution in [2.75, 3.05) is 38.3 Å². The van der Waals surface area contributed by atoms with Crippen LogP contribution in [0.15, 0.2) is 59.4 Å². The molecule has 0 unspecified atom stereocenters. The van der Waals surface area contributed by atoms with E-state index in [1.54, 1.807) is 41.8 Å². The topological polar surface area (TPSA) is 333 Å². The SMILES string of the molecule is CC[C@@]1(O)C(=O)OCc2c1cc1n(c2=O)Cc2c-1nc1cc3c(cc1c2CN1CCC(CCNC(=O)OCc2ccc(NC(=O)[C@H](CCC(=O)O)NC(=O)[C@H](C)NC(=O)[C@@H](CC(C)C)NC(=O)CCN4C(=O)C=CC4=O)cc2)CC1)OCO3. The van der Waals surface area contributed by atoms with Gasteiger partial charge in [0.25, 0.3) is 17.4 Å². The molecule has 2 aromatic heterocycles. The number of pyridine rings is 2. The molecular formula is C58H67N9O16. The lowest BCUT2D eigenvalue weighted by atomic mass is 9.86. The average Bonchev–Trinajstić information content (AvgIpc) is 2.53. The Morgan fingerprint density at radius 1 is 0.843 bits per heavy atom. The van der Waals surface area contributed by atoms with Crippen molar-refractivity contribution in [2.24, 2.45) is 11.8 Å². The molecule has 5 aliphatic heterocycles. The lowest BCUT2D eigenvalue weighted by Gasteiger charge is -2.32. The minimum absolute atomic E-state index is 0.0319. The molecule has 7 amide bonds. The van der Waals surface area contributed by atoms with Gasteiger partial charge < -0.3 is 60.3 Å². The number of aliphatic hydroxyl groups is 1. The summed E-state index contributed by atoms with van der Waals surface area (Å²) in [6, 6.07) is 8.22. The van der Waals surface area contributed by atoms with Crippen LogP contribution in [0.3, 0.4) is 0 Å². The van der Waals surface area contributed by atoms with Crippen LogP contribution in [0.25, 0.3) is 22.3 Å². The van der Waals surface area contributed by atoms with Crippen LogP contribution < -0.4 is 41.6 Å². The number of piperidine rings is 1. The number of alkyl carbamates (subject to hydrolysis) is 1. The van der Waals surface area contributed by atoms with Crippen molar-refractivity contribution in [1.29, 1.82) is 0 Å². The van der Waals surface area contributed by atoms with Crippen molar-refractivity contribution >= 4 is 70.1 Å². The number of aromatic nitrogens is 2. The first-order valence-electron chi connectivity index (χ1n) is 27.8. The van der Waals surface area contributed by atoms with E-state index < -0.39 is 83.6 Å². The smallest absolute Gasteiger partial charge is 0.407 e. The highest BCUT2D eigenvalue weighted by molar-refractivity contribution is 6.13. The molecule has 25 nitrogen and oxygen atoms in total. The summed E-state index contributed by atoms with van der Waals surface area (Å²) in [5, 5.41) is 34.8. The van der Waals surface area contributed by atoms with E-state index in [2.05, 4.69) is 31.5 Å². The highest BCUT2D eigenvalue weighted by Crippen LogP contribution is 2.44. The lowest BCUT2D eigenvalue weighted by Crippen LogP contribution is -2.55. The Morgan fingerprint density at radius 3 is 2.24 bits per heavy atom. The number of ether oxygens (including phenoxy) is 4. The fraction of sp³-hybridized carbons (Fsp3) is 0.466. The van der Waals surface area contributed by atoms with Crippen LogP contribution in [0.4, 0.5) is 10.5 Å². The molecule has 4 atom stereocenters. The minimum atomic E-state index is -1.95. The van der Waals surface area contributed by atoms with E-state index in [-0.39, 0.29) is 81.4 Å². The molecule has 9 rings (SSSR count). The molecule has 1 fully saturated rings. The van der Waals surface area contributed by atoms with Crippen molar-refractivity contribution in [3.8, 4) is 22.9 Å². The third-order valence-electron chi connectivity index (χ3n) is 15.7. The van der Waals surface area contributed by atoms with Gasteiger partial charge in [0.15, 0.2) is 17.1 Å². The molecule has 1 saturated heterocycles. The maximum atomic E-state index is 14.0. The van der Waals surface area contributed by atoms with Gasteiger partial charge in [-0.1, -0.05) is 32.9 Å². The van der Waals surface area contributed by atoms with Crippen LogP contribution in [0.5, 0.6) is 11.5 Å². The van der Waals surface area contributed by atoms with Gasteiger partial charge in [0.2, 0.25) is 30.4 Å². The number of carbonyl (C=O) groups is 9. The molecule has 2 aromatic carbocycles. The monoisotopic (exact) mass is 1150 g/mol. The number of hydrogen-bond acceptors (Lipinski definition) is 17. The molecule has 0 bridgehead atoms. The summed E-state index contributed by atoms with van der Waals surface area (Å²) in [4.78, 5) is 136. The number of hydrogen-bond donors (Lipinski definition) is 7. The Hall–Kier alpha value is -8.71. The molecule has 25 heteroatoms. The minimum Gasteiger partial charge on any atom is -0.481 e. The van der Waals surface area contributed by atoms with Crippen LogP contribution in [0.2, 0.25) is 0 Å². The summed E-state index contributed by atoms with van der Waals surface area (Å²) in [5.74, 6) is -4.48. The molecular weight excluding hydrogens is 1080 g/mol. The third-order valence-corrected chi connectivity index (χ3v) is 15.7. The zero-order valence-electron chi connectivity index (χ0n) is 46.5. The van der Waals surface area contributed by atoms with Crippen LogP contribution in [-0.4, -0.2) is 134 Å². The number of carboxylic acid groups (broad SMARTS) is 1. The van der Waals surface area contributed by atoms with Crippen molar-refractivity contribution in [3.05, 3.63) is 92.8 Å².